The number of likely N-dealkylation sites (tertiary alicyclic amines) is 1. The molecule has 27 heavy (non-hydrogen) atoms. The minimum absolute atomic E-state index is 0.0283. The lowest BCUT2D eigenvalue weighted by Gasteiger charge is -2.39. The summed E-state index contributed by atoms with van der Waals surface area (Å²) < 4.78 is 15.3. The van der Waals surface area contributed by atoms with Gasteiger partial charge in [-0.15, -0.1) is 0 Å². The van der Waals surface area contributed by atoms with E-state index in [0.717, 1.165) is 44.3 Å². The van der Waals surface area contributed by atoms with Crippen LogP contribution in [0.5, 0.6) is 0 Å². The fraction of sp³-hybridized carbons (Fsp3) is 0.500. The molecular formula is C20H25FN4O2. The van der Waals surface area contributed by atoms with Crippen LogP contribution in [-0.2, 0) is 0 Å². The molecule has 2 N–H and O–H groups in total. The number of aromatic nitrogens is 2. The fourth-order valence-corrected chi connectivity index (χ4v) is 4.75. The lowest BCUT2D eigenvalue weighted by atomic mass is 9.97. The number of nitrogens with zero attached hydrogens (tertiary/aromatic N) is 3. The molecule has 3 unspecified atom stereocenters. The van der Waals surface area contributed by atoms with E-state index in [4.69, 9.17) is 5.11 Å². The molecular weight excluding hydrogens is 347 g/mol. The molecule has 0 spiro atoms. The van der Waals surface area contributed by atoms with E-state index in [9.17, 15) is 9.18 Å². The molecule has 1 aliphatic carbocycles. The summed E-state index contributed by atoms with van der Waals surface area (Å²) in [4.78, 5) is 13.5. The van der Waals surface area contributed by atoms with Gasteiger partial charge in [0.25, 0.3) is 0 Å². The monoisotopic (exact) mass is 372 g/mol. The SMILES string of the molecule is O=C(O)N[C@@H]1CCCN(C2CC(c3ccc(F)cc3)CC2n2cccn2)C1. The molecule has 1 aliphatic heterocycles. The fourth-order valence-electron chi connectivity index (χ4n) is 4.75. The molecule has 1 aromatic carbocycles. The summed E-state index contributed by atoms with van der Waals surface area (Å²) in [6, 6.07) is 9.25. The minimum atomic E-state index is -0.957. The van der Waals surface area contributed by atoms with Crippen LogP contribution in [0.3, 0.4) is 0 Å². The lowest BCUT2D eigenvalue weighted by molar-refractivity contribution is 0.107. The highest BCUT2D eigenvalue weighted by molar-refractivity contribution is 5.64. The first-order valence-corrected chi connectivity index (χ1v) is 9.58. The van der Waals surface area contributed by atoms with Crippen molar-refractivity contribution in [1.29, 1.82) is 0 Å². The van der Waals surface area contributed by atoms with Gasteiger partial charge in [-0.1, -0.05) is 12.1 Å². The Morgan fingerprint density at radius 3 is 2.70 bits per heavy atom. The van der Waals surface area contributed by atoms with Crippen LogP contribution in [0.15, 0.2) is 42.7 Å². The first kappa shape index (κ1) is 18.0. The largest absolute Gasteiger partial charge is 0.465 e. The first-order chi connectivity index (χ1) is 13.1. The van der Waals surface area contributed by atoms with Gasteiger partial charge in [-0.3, -0.25) is 9.58 Å². The molecule has 2 aromatic rings. The van der Waals surface area contributed by atoms with Crippen molar-refractivity contribution >= 4 is 6.09 Å². The second-order valence-corrected chi connectivity index (χ2v) is 7.62. The average Bonchev–Trinajstić information content (AvgIpc) is 3.32. The van der Waals surface area contributed by atoms with Crippen LogP contribution >= 0.6 is 0 Å². The molecule has 7 heteroatoms. The highest BCUT2D eigenvalue weighted by Crippen LogP contribution is 2.44. The molecule has 6 nitrogen and oxygen atoms in total. The van der Waals surface area contributed by atoms with Crippen LogP contribution in [0.1, 0.15) is 43.2 Å². The van der Waals surface area contributed by atoms with Gasteiger partial charge < -0.3 is 10.4 Å². The Labute approximate surface area is 158 Å². The van der Waals surface area contributed by atoms with E-state index in [1.807, 2.05) is 29.1 Å². The summed E-state index contributed by atoms with van der Waals surface area (Å²) >= 11 is 0. The van der Waals surface area contributed by atoms with Crippen LogP contribution in [0.25, 0.3) is 0 Å². The van der Waals surface area contributed by atoms with Crippen LogP contribution in [0, 0.1) is 5.82 Å². The Balaban J connectivity index is 1.55. The summed E-state index contributed by atoms with van der Waals surface area (Å²) in [5.41, 5.74) is 1.16. The first-order valence-electron chi connectivity index (χ1n) is 9.58. The van der Waals surface area contributed by atoms with Gasteiger partial charge in [0.15, 0.2) is 0 Å². The second-order valence-electron chi connectivity index (χ2n) is 7.62. The van der Waals surface area contributed by atoms with Crippen LogP contribution in [0.4, 0.5) is 9.18 Å². The van der Waals surface area contributed by atoms with Crippen molar-refractivity contribution in [3.63, 3.8) is 0 Å². The van der Waals surface area contributed by atoms with E-state index in [0.29, 0.717) is 12.0 Å². The van der Waals surface area contributed by atoms with Crippen molar-refractivity contribution < 1.29 is 14.3 Å². The Morgan fingerprint density at radius 2 is 2.00 bits per heavy atom. The van der Waals surface area contributed by atoms with Gasteiger partial charge >= 0.3 is 6.09 Å². The molecule has 1 saturated carbocycles. The Kier molecular flexibility index (Phi) is 5.11. The molecule has 144 valence electrons. The number of rotatable bonds is 4. The number of carboxylic acid groups (broad SMARTS) is 1. The van der Waals surface area contributed by atoms with Crippen LogP contribution in [-0.4, -0.2) is 51.1 Å². The van der Waals surface area contributed by atoms with Gasteiger partial charge in [0.2, 0.25) is 0 Å². The minimum Gasteiger partial charge on any atom is -0.465 e. The maximum Gasteiger partial charge on any atom is 0.404 e. The molecule has 2 heterocycles. The summed E-state index contributed by atoms with van der Waals surface area (Å²) in [6.45, 7) is 1.70. The number of nitrogens with one attached hydrogen (secondary N) is 1. The summed E-state index contributed by atoms with van der Waals surface area (Å²) in [6.07, 6.45) is 6.62. The summed E-state index contributed by atoms with van der Waals surface area (Å²) in [5, 5.41) is 16.2. The molecule has 0 bridgehead atoms. The third-order valence-corrected chi connectivity index (χ3v) is 5.95. The molecule has 1 saturated heterocycles. The van der Waals surface area contributed by atoms with Crippen LogP contribution < -0.4 is 5.32 Å². The molecule has 2 aliphatic rings. The lowest BCUT2D eigenvalue weighted by Crippen LogP contribution is -2.51. The molecule has 2 fully saturated rings. The van der Waals surface area contributed by atoms with Crippen LogP contribution in [0.2, 0.25) is 0 Å². The summed E-state index contributed by atoms with van der Waals surface area (Å²) in [7, 11) is 0. The van der Waals surface area contributed by atoms with E-state index in [-0.39, 0.29) is 17.9 Å². The number of amides is 1. The second kappa shape index (κ2) is 7.68. The van der Waals surface area contributed by atoms with Gasteiger partial charge in [0.05, 0.1) is 6.04 Å². The highest BCUT2D eigenvalue weighted by atomic mass is 19.1. The van der Waals surface area contributed by atoms with E-state index < -0.39 is 6.09 Å². The Hall–Kier alpha value is -2.41. The molecule has 4 rings (SSSR count). The van der Waals surface area contributed by atoms with Crippen molar-refractivity contribution in [2.24, 2.45) is 0 Å². The van der Waals surface area contributed by atoms with E-state index in [1.165, 1.54) is 12.1 Å². The van der Waals surface area contributed by atoms with Crippen molar-refractivity contribution in [1.82, 2.24) is 20.0 Å². The third-order valence-electron chi connectivity index (χ3n) is 5.95. The van der Waals surface area contributed by atoms with Crippen molar-refractivity contribution in [2.45, 2.75) is 49.7 Å². The number of piperidine rings is 1. The van der Waals surface area contributed by atoms with Gasteiger partial charge in [-0.2, -0.15) is 5.10 Å². The Bertz CT molecular complexity index is 765. The van der Waals surface area contributed by atoms with Crippen molar-refractivity contribution in [3.8, 4) is 0 Å². The predicted molar refractivity (Wildman–Crippen MR) is 99.2 cm³/mol. The molecule has 0 radical (unpaired) electrons. The van der Waals surface area contributed by atoms with Crippen molar-refractivity contribution in [2.75, 3.05) is 13.1 Å². The zero-order valence-electron chi connectivity index (χ0n) is 15.2. The maximum absolute atomic E-state index is 13.3. The normalized spacial score (nSPS) is 28.9. The average molecular weight is 372 g/mol. The predicted octanol–water partition coefficient (Wildman–Crippen LogP) is 3.24. The van der Waals surface area contributed by atoms with Gasteiger partial charge in [-0.05, 0) is 61.9 Å². The van der Waals surface area contributed by atoms with Gasteiger partial charge in [-0.25, -0.2) is 9.18 Å². The number of hydrogen-bond acceptors (Lipinski definition) is 3. The number of carbonyl (C=O) groups is 1. The number of benzene rings is 1. The molecule has 4 atom stereocenters. The number of halogens is 1. The number of hydrogen-bond donors (Lipinski definition) is 2. The van der Waals surface area contributed by atoms with E-state index in [1.54, 1.807) is 6.20 Å². The standard InChI is InChI=1S/C20H25FN4O2/c21-16-6-4-14(5-7-16)15-11-18(19(12-15)25-10-2-8-22-25)24-9-1-3-17(13-24)23-20(26)27/h2,4-8,10,15,17-19,23H,1,3,9,11-13H2,(H,26,27)/t15?,17-,18?,19?/m1/s1. The smallest absolute Gasteiger partial charge is 0.404 e. The quantitative estimate of drug-likeness (QED) is 0.864. The summed E-state index contributed by atoms with van der Waals surface area (Å²) in [5.74, 6) is 0.133. The van der Waals surface area contributed by atoms with E-state index >= 15 is 0 Å². The zero-order chi connectivity index (χ0) is 18.8. The molecule has 1 aromatic heterocycles. The van der Waals surface area contributed by atoms with Gasteiger partial charge in [0.1, 0.15) is 5.82 Å². The molecule has 1 amide bonds. The van der Waals surface area contributed by atoms with E-state index in [2.05, 4.69) is 15.3 Å². The zero-order valence-corrected chi connectivity index (χ0v) is 15.2. The van der Waals surface area contributed by atoms with Crippen molar-refractivity contribution in [3.05, 3.63) is 54.1 Å². The maximum atomic E-state index is 13.3. The third kappa shape index (κ3) is 3.98. The van der Waals surface area contributed by atoms with Gasteiger partial charge in [0, 0.05) is 31.0 Å². The highest BCUT2D eigenvalue weighted by Gasteiger charge is 2.41. The topological polar surface area (TPSA) is 70.4 Å². The Morgan fingerprint density at radius 1 is 1.22 bits per heavy atom.